The summed E-state index contributed by atoms with van der Waals surface area (Å²) in [6.07, 6.45) is 9.05. The average molecular weight is 294 g/mol. The number of nitrogens with zero attached hydrogens (tertiary/aromatic N) is 1. The quantitative estimate of drug-likeness (QED) is 0.860. The summed E-state index contributed by atoms with van der Waals surface area (Å²) in [7, 11) is 0. The number of carbonyl (C=O) groups excluding carboxylic acids is 2. The van der Waals surface area contributed by atoms with E-state index in [0.717, 1.165) is 25.7 Å². The molecule has 2 heterocycles. The Kier molecular flexibility index (Phi) is 4.20. The second-order valence-corrected chi connectivity index (χ2v) is 6.77. The van der Waals surface area contributed by atoms with E-state index in [4.69, 9.17) is 4.74 Å². The number of piperazine rings is 1. The van der Waals surface area contributed by atoms with E-state index in [2.05, 4.69) is 5.32 Å². The smallest absolute Gasteiger partial charge is 0.245 e. The molecule has 2 aliphatic heterocycles. The van der Waals surface area contributed by atoms with Crippen LogP contribution in [-0.4, -0.2) is 47.6 Å². The molecule has 0 bridgehead atoms. The van der Waals surface area contributed by atoms with Crippen molar-refractivity contribution in [2.45, 2.75) is 76.0 Å². The highest BCUT2D eigenvalue weighted by Crippen LogP contribution is 2.42. The lowest BCUT2D eigenvalue weighted by Gasteiger charge is -2.36. The maximum atomic E-state index is 12.3. The average Bonchev–Trinajstić information content (AvgIpc) is 2.85. The van der Waals surface area contributed by atoms with Gasteiger partial charge in [-0.15, -0.1) is 0 Å². The van der Waals surface area contributed by atoms with Crippen LogP contribution in [-0.2, 0) is 14.3 Å². The summed E-state index contributed by atoms with van der Waals surface area (Å²) in [5, 5.41) is 2.76. The van der Waals surface area contributed by atoms with Crippen LogP contribution in [0.1, 0.15) is 58.3 Å². The van der Waals surface area contributed by atoms with Crippen molar-refractivity contribution in [1.82, 2.24) is 10.2 Å². The molecule has 0 aromatic heterocycles. The molecule has 1 N–H and O–H groups in total. The van der Waals surface area contributed by atoms with Crippen LogP contribution in [0.25, 0.3) is 0 Å². The highest BCUT2D eigenvalue weighted by atomic mass is 16.5. The summed E-state index contributed by atoms with van der Waals surface area (Å²) in [5.41, 5.74) is 0.0775. The first-order valence-corrected chi connectivity index (χ1v) is 8.38. The van der Waals surface area contributed by atoms with E-state index in [1.54, 1.807) is 4.90 Å². The highest BCUT2D eigenvalue weighted by Gasteiger charge is 2.42. The molecule has 0 aromatic rings. The molecule has 21 heavy (non-hydrogen) atoms. The first-order chi connectivity index (χ1) is 10.1. The minimum Gasteiger partial charge on any atom is -0.370 e. The van der Waals surface area contributed by atoms with E-state index < -0.39 is 0 Å². The van der Waals surface area contributed by atoms with Gasteiger partial charge in [-0.1, -0.05) is 26.2 Å². The molecule has 5 heteroatoms. The number of hydrogen-bond acceptors (Lipinski definition) is 3. The summed E-state index contributed by atoms with van der Waals surface area (Å²) in [5.74, 6) is -0.00267. The van der Waals surface area contributed by atoms with Gasteiger partial charge in [-0.2, -0.15) is 0 Å². The summed E-state index contributed by atoms with van der Waals surface area (Å²) in [6, 6.07) is -0.351. The fourth-order valence-electron chi connectivity index (χ4n) is 4.04. The normalized spacial score (nSPS) is 32.5. The van der Waals surface area contributed by atoms with Gasteiger partial charge in [0.15, 0.2) is 0 Å². The molecule has 3 fully saturated rings. The van der Waals surface area contributed by atoms with Crippen LogP contribution < -0.4 is 5.32 Å². The lowest BCUT2D eigenvalue weighted by atomic mass is 9.83. The Hall–Kier alpha value is -1.10. The maximum Gasteiger partial charge on any atom is 0.245 e. The Morgan fingerprint density at radius 2 is 2.00 bits per heavy atom. The molecule has 5 nitrogen and oxygen atoms in total. The maximum absolute atomic E-state index is 12.3. The van der Waals surface area contributed by atoms with Crippen LogP contribution >= 0.6 is 0 Å². The number of amides is 2. The van der Waals surface area contributed by atoms with Crippen molar-refractivity contribution in [3.63, 3.8) is 0 Å². The van der Waals surface area contributed by atoms with Crippen molar-refractivity contribution in [2.24, 2.45) is 0 Å². The van der Waals surface area contributed by atoms with Crippen molar-refractivity contribution >= 4 is 11.8 Å². The van der Waals surface area contributed by atoms with Gasteiger partial charge in [0.1, 0.15) is 6.04 Å². The Balaban J connectivity index is 1.59. The number of ether oxygens (including phenoxy) is 1. The SMILES string of the molecule is CCC1NC(=O)CN(CC2CCC3(CCCCC3)O2)C1=O. The zero-order chi connectivity index (χ0) is 14.9. The third kappa shape index (κ3) is 3.07. The van der Waals surface area contributed by atoms with Crippen LogP contribution in [0.4, 0.5) is 0 Å². The standard InChI is InChI=1S/C16H26N2O3/c1-2-13-15(20)18(11-14(19)17-13)10-12-6-9-16(21-12)7-4-3-5-8-16/h12-13H,2-11H2,1H3,(H,17,19). The van der Waals surface area contributed by atoms with Crippen molar-refractivity contribution in [1.29, 1.82) is 0 Å². The molecule has 2 saturated heterocycles. The fourth-order valence-corrected chi connectivity index (χ4v) is 4.04. The zero-order valence-electron chi connectivity index (χ0n) is 12.9. The molecule has 2 unspecified atom stereocenters. The molecule has 1 aliphatic carbocycles. The van der Waals surface area contributed by atoms with Crippen LogP contribution in [0, 0.1) is 0 Å². The Morgan fingerprint density at radius 1 is 1.24 bits per heavy atom. The third-order valence-corrected chi connectivity index (χ3v) is 5.22. The van der Waals surface area contributed by atoms with Gasteiger partial charge in [0.25, 0.3) is 0 Å². The third-order valence-electron chi connectivity index (χ3n) is 5.22. The van der Waals surface area contributed by atoms with Gasteiger partial charge < -0.3 is 15.0 Å². The number of carbonyl (C=O) groups is 2. The molecular weight excluding hydrogens is 268 g/mol. The minimum atomic E-state index is -0.351. The van der Waals surface area contributed by atoms with E-state index in [-0.39, 0.29) is 36.1 Å². The molecule has 2 amide bonds. The lowest BCUT2D eigenvalue weighted by molar-refractivity contribution is -0.147. The molecule has 0 aromatic carbocycles. The van der Waals surface area contributed by atoms with Crippen LogP contribution in [0.15, 0.2) is 0 Å². The Morgan fingerprint density at radius 3 is 2.71 bits per heavy atom. The largest absolute Gasteiger partial charge is 0.370 e. The second kappa shape index (κ2) is 5.95. The summed E-state index contributed by atoms with van der Waals surface area (Å²) in [4.78, 5) is 25.7. The summed E-state index contributed by atoms with van der Waals surface area (Å²) in [6.45, 7) is 2.68. The van der Waals surface area contributed by atoms with Crippen molar-refractivity contribution < 1.29 is 14.3 Å². The van der Waals surface area contributed by atoms with E-state index in [1.165, 1.54) is 19.3 Å². The fraction of sp³-hybridized carbons (Fsp3) is 0.875. The molecule has 1 saturated carbocycles. The van der Waals surface area contributed by atoms with Crippen LogP contribution in [0.3, 0.4) is 0 Å². The Labute approximate surface area is 126 Å². The van der Waals surface area contributed by atoms with Gasteiger partial charge in [0.2, 0.25) is 11.8 Å². The van der Waals surface area contributed by atoms with E-state index in [9.17, 15) is 9.59 Å². The van der Waals surface area contributed by atoms with Gasteiger partial charge in [-0.3, -0.25) is 9.59 Å². The van der Waals surface area contributed by atoms with Crippen LogP contribution in [0.2, 0.25) is 0 Å². The monoisotopic (exact) mass is 294 g/mol. The first-order valence-electron chi connectivity index (χ1n) is 8.38. The molecule has 118 valence electrons. The molecular formula is C16H26N2O3. The predicted molar refractivity (Wildman–Crippen MR) is 78.7 cm³/mol. The molecule has 2 atom stereocenters. The molecule has 3 rings (SSSR count). The van der Waals surface area contributed by atoms with Crippen LogP contribution in [0.5, 0.6) is 0 Å². The molecule has 3 aliphatic rings. The van der Waals surface area contributed by atoms with Crippen molar-refractivity contribution in [3.05, 3.63) is 0 Å². The Bertz CT molecular complexity index is 418. The van der Waals surface area contributed by atoms with E-state index in [1.807, 2.05) is 6.92 Å². The zero-order valence-corrected chi connectivity index (χ0v) is 12.9. The lowest BCUT2D eigenvalue weighted by Crippen LogP contribution is -2.59. The van der Waals surface area contributed by atoms with Gasteiger partial charge in [-0.05, 0) is 32.1 Å². The van der Waals surface area contributed by atoms with Crippen molar-refractivity contribution in [3.8, 4) is 0 Å². The van der Waals surface area contributed by atoms with Gasteiger partial charge in [-0.25, -0.2) is 0 Å². The van der Waals surface area contributed by atoms with Crippen molar-refractivity contribution in [2.75, 3.05) is 13.1 Å². The van der Waals surface area contributed by atoms with Gasteiger partial charge >= 0.3 is 0 Å². The molecule has 1 spiro atoms. The second-order valence-electron chi connectivity index (χ2n) is 6.77. The number of nitrogens with one attached hydrogen (secondary N) is 1. The first kappa shape index (κ1) is 14.8. The highest BCUT2D eigenvalue weighted by molar-refractivity contribution is 5.94. The van der Waals surface area contributed by atoms with E-state index in [0.29, 0.717) is 13.0 Å². The topological polar surface area (TPSA) is 58.6 Å². The predicted octanol–water partition coefficient (Wildman–Crippen LogP) is 1.61. The summed E-state index contributed by atoms with van der Waals surface area (Å²) >= 11 is 0. The van der Waals surface area contributed by atoms with Gasteiger partial charge in [0.05, 0.1) is 18.2 Å². The minimum absolute atomic E-state index is 0.0466. The van der Waals surface area contributed by atoms with E-state index >= 15 is 0 Å². The molecule has 0 radical (unpaired) electrons. The number of hydrogen-bond donors (Lipinski definition) is 1. The summed E-state index contributed by atoms with van der Waals surface area (Å²) < 4.78 is 6.32. The number of rotatable bonds is 3. The van der Waals surface area contributed by atoms with Gasteiger partial charge in [0, 0.05) is 6.54 Å².